The van der Waals surface area contributed by atoms with Crippen LogP contribution in [-0.2, 0) is 16.6 Å². The number of nitrogens with zero attached hydrogens (tertiary/aromatic N) is 2. The Balaban J connectivity index is 1.47. The number of hydrogen-bond donors (Lipinski definition) is 1. The number of amides is 1. The molecular weight excluding hydrogens is 342 g/mol. The van der Waals surface area contributed by atoms with Gasteiger partial charge in [-0.15, -0.1) is 11.3 Å². The molecule has 1 amide bonds. The second kappa shape index (κ2) is 6.48. The van der Waals surface area contributed by atoms with Gasteiger partial charge < -0.3 is 15.1 Å². The molecule has 0 aliphatic carbocycles. The van der Waals surface area contributed by atoms with Gasteiger partial charge >= 0.3 is 0 Å². The Labute approximate surface area is 158 Å². The minimum absolute atomic E-state index is 0.00400. The molecular formula is C21H25N3OS. The van der Waals surface area contributed by atoms with E-state index in [9.17, 15) is 4.79 Å². The summed E-state index contributed by atoms with van der Waals surface area (Å²) in [6, 6.07) is 15.2. The van der Waals surface area contributed by atoms with Crippen LogP contribution in [0.4, 0.5) is 0 Å². The van der Waals surface area contributed by atoms with E-state index in [-0.39, 0.29) is 17.4 Å². The van der Waals surface area contributed by atoms with Crippen molar-refractivity contribution in [2.75, 3.05) is 39.3 Å². The third-order valence-electron chi connectivity index (χ3n) is 6.38. The maximum absolute atomic E-state index is 12.8. The smallest absolute Gasteiger partial charge is 0.225 e. The molecule has 136 valence electrons. The van der Waals surface area contributed by atoms with E-state index in [1.54, 1.807) is 11.3 Å². The van der Waals surface area contributed by atoms with Crippen LogP contribution in [0.5, 0.6) is 0 Å². The Morgan fingerprint density at radius 1 is 1.08 bits per heavy atom. The zero-order valence-electron chi connectivity index (χ0n) is 14.9. The first kappa shape index (κ1) is 16.5. The molecule has 4 aliphatic heterocycles. The van der Waals surface area contributed by atoms with Crippen LogP contribution in [0, 0.1) is 5.92 Å². The van der Waals surface area contributed by atoms with Gasteiger partial charge in [-0.2, -0.15) is 0 Å². The summed E-state index contributed by atoms with van der Waals surface area (Å²) in [5.41, 5.74) is 1.38. The lowest BCUT2D eigenvalue weighted by Crippen LogP contribution is -2.70. The van der Waals surface area contributed by atoms with Gasteiger partial charge in [0.2, 0.25) is 5.91 Å². The second-order valence-electron chi connectivity index (χ2n) is 8.05. The van der Waals surface area contributed by atoms with Crippen LogP contribution in [0.15, 0.2) is 47.8 Å². The molecule has 3 unspecified atom stereocenters. The molecule has 4 bridgehead atoms. The summed E-state index contributed by atoms with van der Waals surface area (Å²) in [6.07, 6.45) is 0.499. The summed E-state index contributed by atoms with van der Waals surface area (Å²) in [5.74, 6) is 0.677. The highest BCUT2D eigenvalue weighted by Gasteiger charge is 2.55. The number of carbonyl (C=O) groups is 1. The Bertz CT molecular complexity index is 760. The highest BCUT2D eigenvalue weighted by atomic mass is 32.1. The first-order chi connectivity index (χ1) is 12.7. The third kappa shape index (κ3) is 2.79. The molecule has 0 saturated carbocycles. The van der Waals surface area contributed by atoms with Crippen molar-refractivity contribution in [3.63, 3.8) is 0 Å². The van der Waals surface area contributed by atoms with Gasteiger partial charge in [0.05, 0.1) is 6.42 Å². The standard InChI is InChI=1S/C21H25N3OS/c25-19(11-18-7-4-10-26-18)22-20-16-12-23-8-9-24(13-16)15-21(20,14-23)17-5-2-1-3-6-17/h1-7,10,16,20H,8-9,11-15H2,(H,22,25). The zero-order valence-corrected chi connectivity index (χ0v) is 15.8. The summed E-state index contributed by atoms with van der Waals surface area (Å²) in [7, 11) is 0. The summed E-state index contributed by atoms with van der Waals surface area (Å²) >= 11 is 1.66. The van der Waals surface area contributed by atoms with E-state index in [4.69, 9.17) is 0 Å². The SMILES string of the molecule is O=C(Cc1cccs1)NC1C2CN3CCN(C2)CC1(c1ccccc1)C3. The van der Waals surface area contributed by atoms with Crippen LogP contribution >= 0.6 is 11.3 Å². The van der Waals surface area contributed by atoms with Crippen molar-refractivity contribution in [3.8, 4) is 0 Å². The lowest BCUT2D eigenvalue weighted by molar-refractivity contribution is -0.123. The van der Waals surface area contributed by atoms with Crippen molar-refractivity contribution < 1.29 is 4.79 Å². The van der Waals surface area contributed by atoms with Crippen LogP contribution in [0.25, 0.3) is 0 Å². The van der Waals surface area contributed by atoms with Gasteiger partial charge in [-0.05, 0) is 17.0 Å². The predicted octanol–water partition coefficient (Wildman–Crippen LogP) is 1.97. The topological polar surface area (TPSA) is 35.6 Å². The number of fused-ring (bicyclic) bond motifs is 1. The van der Waals surface area contributed by atoms with Gasteiger partial charge in [0, 0.05) is 61.5 Å². The fourth-order valence-corrected chi connectivity index (χ4v) is 6.07. The van der Waals surface area contributed by atoms with Crippen molar-refractivity contribution >= 4 is 17.2 Å². The molecule has 4 fully saturated rings. The lowest BCUT2D eigenvalue weighted by Gasteiger charge is -2.55. The molecule has 1 aromatic heterocycles. The summed E-state index contributed by atoms with van der Waals surface area (Å²) in [4.78, 5) is 19.2. The summed E-state index contributed by atoms with van der Waals surface area (Å²) in [6.45, 7) is 6.62. The van der Waals surface area contributed by atoms with Gasteiger partial charge in [-0.3, -0.25) is 4.79 Å². The first-order valence-corrected chi connectivity index (χ1v) is 10.4. The summed E-state index contributed by atoms with van der Waals surface area (Å²) in [5, 5.41) is 5.53. The zero-order chi connectivity index (χ0) is 17.6. The largest absolute Gasteiger partial charge is 0.352 e. The van der Waals surface area contributed by atoms with Crippen LogP contribution in [-0.4, -0.2) is 61.0 Å². The molecule has 3 atom stereocenters. The maximum atomic E-state index is 12.8. The number of carbonyl (C=O) groups excluding carboxylic acids is 1. The molecule has 1 N–H and O–H groups in total. The molecule has 4 nitrogen and oxygen atoms in total. The van der Waals surface area contributed by atoms with E-state index in [1.165, 1.54) is 5.56 Å². The maximum Gasteiger partial charge on any atom is 0.225 e. The molecule has 6 rings (SSSR count). The number of nitrogens with one attached hydrogen (secondary N) is 1. The number of piperidine rings is 2. The molecule has 2 aromatic rings. The summed E-state index contributed by atoms with van der Waals surface area (Å²) < 4.78 is 0. The van der Waals surface area contributed by atoms with Crippen molar-refractivity contribution in [2.45, 2.75) is 17.9 Å². The minimum Gasteiger partial charge on any atom is -0.352 e. The minimum atomic E-state index is 0.00400. The van der Waals surface area contributed by atoms with Gasteiger partial charge in [-0.1, -0.05) is 36.4 Å². The van der Waals surface area contributed by atoms with E-state index < -0.39 is 0 Å². The van der Waals surface area contributed by atoms with Crippen LogP contribution in [0.3, 0.4) is 0 Å². The van der Waals surface area contributed by atoms with E-state index >= 15 is 0 Å². The highest BCUT2D eigenvalue weighted by Crippen LogP contribution is 2.43. The van der Waals surface area contributed by atoms with Crippen molar-refractivity contribution in [1.29, 1.82) is 0 Å². The van der Waals surface area contributed by atoms with E-state index in [0.29, 0.717) is 12.3 Å². The average Bonchev–Trinajstić information content (AvgIpc) is 3.02. The number of benzene rings is 1. The average molecular weight is 368 g/mol. The molecule has 5 heteroatoms. The first-order valence-electron chi connectivity index (χ1n) is 9.55. The molecule has 4 aliphatic rings. The monoisotopic (exact) mass is 367 g/mol. The van der Waals surface area contributed by atoms with Gasteiger partial charge in [0.25, 0.3) is 0 Å². The Kier molecular flexibility index (Phi) is 4.11. The van der Waals surface area contributed by atoms with Crippen LogP contribution in [0.2, 0.25) is 0 Å². The number of rotatable bonds is 4. The number of hydrogen-bond acceptors (Lipinski definition) is 4. The Hall–Kier alpha value is -1.69. The van der Waals surface area contributed by atoms with Crippen molar-refractivity contribution in [2.24, 2.45) is 5.92 Å². The van der Waals surface area contributed by atoms with E-state index in [2.05, 4.69) is 51.5 Å². The predicted molar refractivity (Wildman–Crippen MR) is 104 cm³/mol. The van der Waals surface area contributed by atoms with Gasteiger partial charge in [0.15, 0.2) is 0 Å². The molecule has 1 aromatic carbocycles. The van der Waals surface area contributed by atoms with Gasteiger partial charge in [-0.25, -0.2) is 0 Å². The second-order valence-corrected chi connectivity index (χ2v) is 9.09. The fourth-order valence-electron chi connectivity index (χ4n) is 5.36. The molecule has 0 spiro atoms. The van der Waals surface area contributed by atoms with E-state index in [1.807, 2.05) is 11.4 Å². The van der Waals surface area contributed by atoms with Gasteiger partial charge in [0.1, 0.15) is 0 Å². The third-order valence-corrected chi connectivity index (χ3v) is 7.25. The molecule has 4 saturated heterocycles. The quantitative estimate of drug-likeness (QED) is 0.898. The fraction of sp³-hybridized carbons (Fsp3) is 0.476. The normalized spacial score (nSPS) is 35.2. The molecule has 26 heavy (non-hydrogen) atoms. The highest BCUT2D eigenvalue weighted by molar-refractivity contribution is 7.10. The molecule has 0 radical (unpaired) electrons. The van der Waals surface area contributed by atoms with E-state index in [0.717, 1.165) is 44.1 Å². The Morgan fingerprint density at radius 3 is 2.46 bits per heavy atom. The van der Waals surface area contributed by atoms with Crippen LogP contribution < -0.4 is 5.32 Å². The Morgan fingerprint density at radius 2 is 1.81 bits per heavy atom. The van der Waals surface area contributed by atoms with Crippen LogP contribution in [0.1, 0.15) is 10.4 Å². The number of thiophene rings is 1. The molecule has 5 heterocycles. The van der Waals surface area contributed by atoms with Crippen molar-refractivity contribution in [3.05, 3.63) is 58.3 Å². The van der Waals surface area contributed by atoms with Crippen molar-refractivity contribution in [1.82, 2.24) is 15.1 Å². The lowest BCUT2D eigenvalue weighted by atomic mass is 9.64.